The second-order valence-electron chi connectivity index (χ2n) is 6.89. The Morgan fingerprint density at radius 3 is 3.00 bits per heavy atom. The zero-order valence-corrected chi connectivity index (χ0v) is 14.8. The number of anilines is 1. The molecule has 2 amide bonds. The highest BCUT2D eigenvalue weighted by molar-refractivity contribution is 7.14. The summed E-state index contributed by atoms with van der Waals surface area (Å²) in [7, 11) is 0. The van der Waals surface area contributed by atoms with Crippen LogP contribution in [0.15, 0.2) is 35.8 Å². The highest BCUT2D eigenvalue weighted by Crippen LogP contribution is 2.44. The van der Waals surface area contributed by atoms with Gasteiger partial charge in [0, 0.05) is 30.2 Å². The third-order valence-electron chi connectivity index (χ3n) is 5.13. The van der Waals surface area contributed by atoms with E-state index in [9.17, 15) is 4.79 Å². The third kappa shape index (κ3) is 2.70. The first-order valence-corrected chi connectivity index (χ1v) is 9.74. The fourth-order valence-electron chi connectivity index (χ4n) is 3.70. The monoisotopic (exact) mass is 352 g/mol. The van der Waals surface area contributed by atoms with Gasteiger partial charge in [0.05, 0.1) is 17.7 Å². The normalized spacial score (nSPS) is 17.4. The first-order chi connectivity index (χ1) is 12.3. The van der Waals surface area contributed by atoms with E-state index in [1.807, 2.05) is 10.4 Å². The van der Waals surface area contributed by atoms with E-state index in [1.165, 1.54) is 40.8 Å². The smallest absolute Gasteiger partial charge is 0.322 e. The highest BCUT2D eigenvalue weighted by atomic mass is 32.1. The van der Waals surface area contributed by atoms with Crippen LogP contribution in [-0.4, -0.2) is 27.0 Å². The number of amides is 2. The van der Waals surface area contributed by atoms with Crippen molar-refractivity contribution in [3.8, 4) is 0 Å². The number of benzene rings is 1. The van der Waals surface area contributed by atoms with E-state index in [-0.39, 0.29) is 6.03 Å². The second kappa shape index (κ2) is 5.88. The maximum absolute atomic E-state index is 12.8. The van der Waals surface area contributed by atoms with Crippen LogP contribution in [0.1, 0.15) is 36.6 Å². The highest BCUT2D eigenvalue weighted by Gasteiger charge is 2.30. The lowest BCUT2D eigenvalue weighted by molar-refractivity contribution is 0.210. The van der Waals surface area contributed by atoms with Gasteiger partial charge in [-0.25, -0.2) is 9.78 Å². The number of urea groups is 1. The zero-order chi connectivity index (χ0) is 16.8. The fraction of sp³-hybridized carbons (Fsp3) is 0.368. The Kier molecular flexibility index (Phi) is 3.52. The molecule has 5 nitrogen and oxygen atoms in total. The van der Waals surface area contributed by atoms with Crippen LogP contribution in [0, 0.1) is 0 Å². The van der Waals surface area contributed by atoms with Crippen molar-refractivity contribution in [2.24, 2.45) is 0 Å². The van der Waals surface area contributed by atoms with E-state index >= 15 is 0 Å². The van der Waals surface area contributed by atoms with Gasteiger partial charge in [0.1, 0.15) is 5.00 Å². The molecular formula is C19H20N4OS. The Morgan fingerprint density at radius 2 is 2.12 bits per heavy atom. The first-order valence-electron chi connectivity index (χ1n) is 8.86. The van der Waals surface area contributed by atoms with Crippen LogP contribution in [0.5, 0.6) is 0 Å². The Bertz CT molecular complexity index is 940. The Hall–Kier alpha value is -2.34. The van der Waals surface area contributed by atoms with Crippen LogP contribution in [0.2, 0.25) is 0 Å². The Morgan fingerprint density at radius 1 is 1.24 bits per heavy atom. The van der Waals surface area contributed by atoms with Crippen molar-refractivity contribution in [1.29, 1.82) is 0 Å². The molecule has 0 spiro atoms. The van der Waals surface area contributed by atoms with Crippen LogP contribution in [0.3, 0.4) is 0 Å². The number of fused-ring (bicyclic) bond motifs is 3. The van der Waals surface area contributed by atoms with E-state index < -0.39 is 0 Å². The summed E-state index contributed by atoms with van der Waals surface area (Å²) >= 11 is 1.53. The molecule has 1 saturated carbocycles. The molecule has 2 aliphatic rings. The van der Waals surface area contributed by atoms with Crippen molar-refractivity contribution in [3.63, 3.8) is 0 Å². The predicted molar refractivity (Wildman–Crippen MR) is 100 cm³/mol. The van der Waals surface area contributed by atoms with Crippen molar-refractivity contribution in [2.75, 3.05) is 11.9 Å². The fourth-order valence-corrected chi connectivity index (χ4v) is 4.46. The molecular weight excluding hydrogens is 332 g/mol. The number of hydrogen-bond donors (Lipinski definition) is 1. The first kappa shape index (κ1) is 15.0. The van der Waals surface area contributed by atoms with Gasteiger partial charge in [-0.3, -0.25) is 5.32 Å². The minimum atomic E-state index is -0.00939. The van der Waals surface area contributed by atoms with Crippen LogP contribution >= 0.6 is 11.3 Å². The average molecular weight is 352 g/mol. The van der Waals surface area contributed by atoms with Crippen molar-refractivity contribution in [2.45, 2.75) is 38.3 Å². The lowest BCUT2D eigenvalue weighted by Crippen LogP contribution is -2.34. The van der Waals surface area contributed by atoms with Gasteiger partial charge in [-0.2, -0.15) is 0 Å². The Labute approximate surface area is 150 Å². The van der Waals surface area contributed by atoms with Crippen LogP contribution in [0.4, 0.5) is 9.80 Å². The van der Waals surface area contributed by atoms with Gasteiger partial charge >= 0.3 is 6.03 Å². The predicted octanol–water partition coefficient (Wildman–Crippen LogP) is 4.41. The number of carbonyl (C=O) groups is 1. The number of aromatic nitrogens is 2. The zero-order valence-electron chi connectivity index (χ0n) is 13.9. The van der Waals surface area contributed by atoms with E-state index in [0.717, 1.165) is 30.2 Å². The molecule has 0 bridgehead atoms. The van der Waals surface area contributed by atoms with Crippen molar-refractivity contribution >= 4 is 33.3 Å². The van der Waals surface area contributed by atoms with E-state index in [4.69, 9.17) is 0 Å². The third-order valence-corrected chi connectivity index (χ3v) is 5.88. The molecule has 6 heteroatoms. The Balaban J connectivity index is 1.38. The molecule has 1 fully saturated rings. The summed E-state index contributed by atoms with van der Waals surface area (Å²) in [6, 6.07) is 10.6. The maximum atomic E-state index is 12.8. The molecule has 0 saturated heterocycles. The molecule has 3 aromatic rings. The van der Waals surface area contributed by atoms with E-state index in [1.54, 1.807) is 0 Å². The summed E-state index contributed by atoms with van der Waals surface area (Å²) in [6.07, 6.45) is 3.35. The largest absolute Gasteiger partial charge is 0.343 e. The number of aryl methyl sites for hydroxylation is 1. The summed E-state index contributed by atoms with van der Waals surface area (Å²) in [5.41, 5.74) is 5.38. The molecule has 1 aliphatic heterocycles. The van der Waals surface area contributed by atoms with Gasteiger partial charge in [-0.15, -0.1) is 11.3 Å². The van der Waals surface area contributed by atoms with Crippen molar-refractivity contribution in [3.05, 3.63) is 47.2 Å². The number of nitrogens with one attached hydrogen (secondary N) is 1. The molecule has 0 radical (unpaired) electrons. The summed E-state index contributed by atoms with van der Waals surface area (Å²) in [4.78, 5) is 19.2. The molecule has 25 heavy (non-hydrogen) atoms. The number of para-hydroxylation sites is 1. The summed E-state index contributed by atoms with van der Waals surface area (Å²) in [6.45, 7) is 2.39. The molecule has 1 aromatic carbocycles. The second-order valence-corrected chi connectivity index (χ2v) is 7.75. The summed E-state index contributed by atoms with van der Waals surface area (Å²) in [5, 5.41) is 5.28. The lowest BCUT2D eigenvalue weighted by atomic mass is 10.2. The molecule has 2 aromatic heterocycles. The van der Waals surface area contributed by atoms with Crippen molar-refractivity contribution < 1.29 is 4.79 Å². The van der Waals surface area contributed by atoms with E-state index in [2.05, 4.69) is 45.2 Å². The van der Waals surface area contributed by atoms with Gasteiger partial charge in [0.25, 0.3) is 0 Å². The lowest BCUT2D eigenvalue weighted by Gasteiger charge is -2.20. The molecule has 5 rings (SSSR count). The van der Waals surface area contributed by atoms with Gasteiger partial charge in [-0.1, -0.05) is 18.2 Å². The van der Waals surface area contributed by atoms with Gasteiger partial charge in [0.15, 0.2) is 0 Å². The standard InChI is InChI=1S/C19H20N4OS/c24-19(21-18-17(13-6-7-13)20-12-25-18)22-8-3-9-23-15(11-22)10-14-4-1-2-5-16(14)23/h1-2,4-5,10,12-13H,3,6-9,11H2,(H,21,24). The maximum Gasteiger partial charge on any atom is 0.322 e. The molecule has 0 unspecified atom stereocenters. The molecule has 3 heterocycles. The molecule has 0 atom stereocenters. The summed E-state index contributed by atoms with van der Waals surface area (Å²) in [5.74, 6) is 0.549. The number of nitrogens with zero attached hydrogens (tertiary/aromatic N) is 3. The van der Waals surface area contributed by atoms with E-state index in [0.29, 0.717) is 12.5 Å². The summed E-state index contributed by atoms with van der Waals surface area (Å²) < 4.78 is 2.35. The van der Waals surface area contributed by atoms with Gasteiger partial charge < -0.3 is 9.47 Å². The molecule has 128 valence electrons. The number of hydrogen-bond acceptors (Lipinski definition) is 3. The number of carbonyl (C=O) groups excluding carboxylic acids is 1. The minimum Gasteiger partial charge on any atom is -0.343 e. The number of rotatable bonds is 2. The molecule has 1 N–H and O–H groups in total. The van der Waals surface area contributed by atoms with Crippen LogP contribution < -0.4 is 5.32 Å². The number of thiazole rings is 1. The van der Waals surface area contributed by atoms with Crippen LogP contribution in [-0.2, 0) is 13.1 Å². The van der Waals surface area contributed by atoms with Gasteiger partial charge in [0.2, 0.25) is 0 Å². The average Bonchev–Trinajstić information content (AvgIpc) is 3.32. The SMILES string of the molecule is O=C(Nc1scnc1C1CC1)N1CCCn2c(cc3ccccc32)C1. The van der Waals surface area contributed by atoms with Crippen molar-refractivity contribution in [1.82, 2.24) is 14.5 Å². The molecule has 1 aliphatic carbocycles. The topological polar surface area (TPSA) is 50.2 Å². The minimum absolute atomic E-state index is 0.00939. The van der Waals surface area contributed by atoms with Gasteiger partial charge in [-0.05, 0) is 36.8 Å². The van der Waals surface area contributed by atoms with Crippen LogP contribution in [0.25, 0.3) is 10.9 Å². The quantitative estimate of drug-likeness (QED) is 0.742.